The Morgan fingerprint density at radius 1 is 1.33 bits per heavy atom. The number of ether oxygens (including phenoxy) is 2. The number of hydrogen-bond donors (Lipinski definition) is 1. The second-order valence-corrected chi connectivity index (χ2v) is 3.81. The van der Waals surface area contributed by atoms with E-state index in [1.807, 2.05) is 0 Å². The van der Waals surface area contributed by atoms with E-state index in [9.17, 15) is 9.59 Å². The van der Waals surface area contributed by atoms with Gasteiger partial charge in [0.25, 0.3) is 0 Å². The first kappa shape index (κ1) is 7.88. The van der Waals surface area contributed by atoms with E-state index in [4.69, 9.17) is 9.47 Å². The third-order valence-electron chi connectivity index (χ3n) is 1.61. The second kappa shape index (κ2) is 2.63. The zero-order valence-corrected chi connectivity index (χ0v) is 6.98. The van der Waals surface area contributed by atoms with Gasteiger partial charge in [0.1, 0.15) is 0 Å². The smallest absolute Gasteiger partial charge is 0.403 e. The molecule has 0 radical (unpaired) electrons. The van der Waals surface area contributed by atoms with Crippen molar-refractivity contribution in [1.29, 1.82) is 0 Å². The molecule has 2 saturated heterocycles. The summed E-state index contributed by atoms with van der Waals surface area (Å²) in [5.41, 5.74) is 0. The van der Waals surface area contributed by atoms with Crippen LogP contribution in [-0.2, 0) is 19.1 Å². The van der Waals surface area contributed by atoms with Crippen LogP contribution in [0.3, 0.4) is 0 Å². The van der Waals surface area contributed by atoms with Crippen LogP contribution in [0, 0.1) is 0 Å². The molecule has 0 bridgehead atoms. The summed E-state index contributed by atoms with van der Waals surface area (Å²) in [5, 5.41) is 1.91. The molecule has 66 valence electrons. The first-order chi connectivity index (χ1) is 5.72. The second-order valence-electron chi connectivity index (χ2n) is 2.49. The van der Waals surface area contributed by atoms with Gasteiger partial charge in [-0.3, -0.25) is 0 Å². The molecule has 0 aliphatic carbocycles. The zero-order chi connectivity index (χ0) is 8.60. The van der Waals surface area contributed by atoms with E-state index in [0.717, 1.165) is 12.3 Å². The molecule has 12 heavy (non-hydrogen) atoms. The van der Waals surface area contributed by atoms with Crippen LogP contribution < -0.4 is 5.32 Å². The van der Waals surface area contributed by atoms with E-state index < -0.39 is 17.1 Å². The van der Waals surface area contributed by atoms with Gasteiger partial charge in [0.05, 0.1) is 6.54 Å². The Bertz CT molecular complexity index is 218. The Morgan fingerprint density at radius 2 is 2.00 bits per heavy atom. The molecular formula is C6H7NO4S. The zero-order valence-electron chi connectivity index (χ0n) is 6.16. The maximum absolute atomic E-state index is 10.7. The Kier molecular flexibility index (Phi) is 1.73. The van der Waals surface area contributed by atoms with Crippen molar-refractivity contribution in [2.75, 3.05) is 18.8 Å². The predicted octanol–water partition coefficient (Wildman–Crippen LogP) is -0.923. The maximum Gasteiger partial charge on any atom is 0.421 e. The summed E-state index contributed by atoms with van der Waals surface area (Å²) >= 11 is 1.33. The molecule has 5 nitrogen and oxygen atoms in total. The van der Waals surface area contributed by atoms with Crippen LogP contribution >= 0.6 is 11.8 Å². The molecule has 2 heterocycles. The van der Waals surface area contributed by atoms with Crippen LogP contribution in [0.4, 0.5) is 0 Å². The van der Waals surface area contributed by atoms with E-state index in [1.54, 1.807) is 0 Å². The molecule has 0 aromatic heterocycles. The number of esters is 2. The molecule has 2 aliphatic heterocycles. The minimum atomic E-state index is -1.08. The third-order valence-corrected chi connectivity index (χ3v) is 2.76. The van der Waals surface area contributed by atoms with Gasteiger partial charge in [-0.1, -0.05) is 11.8 Å². The quantitative estimate of drug-likeness (QED) is 0.392. The fourth-order valence-corrected chi connectivity index (χ4v) is 2.12. The molecule has 2 fully saturated rings. The number of thioether (sulfide) groups is 1. The summed E-state index contributed by atoms with van der Waals surface area (Å²) in [5.74, 6) is -1.03. The van der Waals surface area contributed by atoms with Gasteiger partial charge in [-0.05, 0) is 0 Å². The van der Waals surface area contributed by atoms with Crippen LogP contribution in [-0.4, -0.2) is 35.9 Å². The number of hydrogen-bond acceptors (Lipinski definition) is 6. The van der Waals surface area contributed by atoms with Crippen molar-refractivity contribution in [3.05, 3.63) is 0 Å². The predicted molar refractivity (Wildman–Crippen MR) is 40.2 cm³/mol. The molecule has 2 aliphatic rings. The monoisotopic (exact) mass is 189 g/mol. The van der Waals surface area contributed by atoms with Gasteiger partial charge in [-0.2, -0.15) is 0 Å². The number of rotatable bonds is 0. The van der Waals surface area contributed by atoms with Crippen molar-refractivity contribution in [3.8, 4) is 0 Å². The average Bonchev–Trinajstić information content (AvgIpc) is 2.29. The summed E-state index contributed by atoms with van der Waals surface area (Å²) in [6.07, 6.45) is 0. The van der Waals surface area contributed by atoms with Crippen molar-refractivity contribution in [2.45, 2.75) is 5.12 Å². The number of carbonyl (C=O) groups excluding carboxylic acids is 2. The van der Waals surface area contributed by atoms with E-state index in [1.165, 1.54) is 11.8 Å². The minimum absolute atomic E-state index is 0.370. The first-order valence-electron chi connectivity index (χ1n) is 3.53. The van der Waals surface area contributed by atoms with E-state index >= 15 is 0 Å². The molecule has 0 unspecified atom stereocenters. The molecule has 0 saturated carbocycles. The third kappa shape index (κ3) is 1.16. The van der Waals surface area contributed by atoms with Gasteiger partial charge < -0.3 is 14.8 Å². The molecule has 0 aromatic rings. The molecule has 1 spiro atoms. The van der Waals surface area contributed by atoms with Gasteiger partial charge in [-0.25, -0.2) is 9.59 Å². The Hall–Kier alpha value is -0.750. The van der Waals surface area contributed by atoms with E-state index in [-0.39, 0.29) is 0 Å². The summed E-state index contributed by atoms with van der Waals surface area (Å²) in [6.45, 7) is 1.21. The lowest BCUT2D eigenvalue weighted by molar-refractivity contribution is -0.150. The number of nitrogens with one attached hydrogen (secondary N) is 1. The highest BCUT2D eigenvalue weighted by molar-refractivity contribution is 8.00. The van der Waals surface area contributed by atoms with Gasteiger partial charge in [0.2, 0.25) is 0 Å². The summed E-state index contributed by atoms with van der Waals surface area (Å²) in [4.78, 5) is 21.4. The normalized spacial score (nSPS) is 27.0. The maximum atomic E-state index is 10.7. The lowest BCUT2D eigenvalue weighted by Crippen LogP contribution is -2.44. The minimum Gasteiger partial charge on any atom is -0.403 e. The molecule has 0 aromatic carbocycles. The van der Waals surface area contributed by atoms with Crippen molar-refractivity contribution in [1.82, 2.24) is 5.32 Å². The molecule has 6 heteroatoms. The lowest BCUT2D eigenvalue weighted by atomic mass is 10.5. The van der Waals surface area contributed by atoms with Gasteiger partial charge in [-0.15, -0.1) is 0 Å². The lowest BCUT2D eigenvalue weighted by Gasteiger charge is -2.28. The average molecular weight is 189 g/mol. The fraction of sp³-hybridized carbons (Fsp3) is 0.667. The van der Waals surface area contributed by atoms with Crippen LogP contribution in [0.15, 0.2) is 0 Å². The fourth-order valence-electron chi connectivity index (χ4n) is 1.09. The van der Waals surface area contributed by atoms with Crippen LogP contribution in [0.1, 0.15) is 0 Å². The van der Waals surface area contributed by atoms with Crippen molar-refractivity contribution >= 4 is 23.7 Å². The molecule has 2 rings (SSSR count). The highest BCUT2D eigenvalue weighted by Crippen LogP contribution is 2.34. The summed E-state index contributed by atoms with van der Waals surface area (Å²) in [7, 11) is 0. The number of carbonyl (C=O) groups is 2. The molecule has 1 N–H and O–H groups in total. The molecule has 0 atom stereocenters. The van der Waals surface area contributed by atoms with Crippen molar-refractivity contribution in [3.63, 3.8) is 0 Å². The first-order valence-corrected chi connectivity index (χ1v) is 4.51. The van der Waals surface area contributed by atoms with Crippen LogP contribution in [0.25, 0.3) is 0 Å². The molecule has 0 amide bonds. The van der Waals surface area contributed by atoms with Crippen LogP contribution in [0.5, 0.6) is 0 Å². The van der Waals surface area contributed by atoms with Crippen molar-refractivity contribution in [2.24, 2.45) is 0 Å². The van der Waals surface area contributed by atoms with E-state index in [0.29, 0.717) is 6.54 Å². The summed E-state index contributed by atoms with van der Waals surface area (Å²) in [6, 6.07) is 0. The Balaban J connectivity index is 2.12. The van der Waals surface area contributed by atoms with Gasteiger partial charge in [0, 0.05) is 12.3 Å². The Morgan fingerprint density at radius 3 is 2.50 bits per heavy atom. The highest BCUT2D eigenvalue weighted by Gasteiger charge is 2.50. The Labute approximate surface area is 72.8 Å². The van der Waals surface area contributed by atoms with Gasteiger partial charge in [0.15, 0.2) is 0 Å². The SMILES string of the molecule is O=C1OC2(CNCCS2)OC1=O. The highest BCUT2D eigenvalue weighted by atomic mass is 32.2. The van der Waals surface area contributed by atoms with Crippen molar-refractivity contribution < 1.29 is 19.1 Å². The molecular weight excluding hydrogens is 182 g/mol. The standard InChI is InChI=1S/C6H7NO4S/c8-4-5(9)11-6(10-4)3-7-1-2-12-6/h7H,1-3H2. The topological polar surface area (TPSA) is 64.6 Å². The van der Waals surface area contributed by atoms with Gasteiger partial charge >= 0.3 is 17.1 Å². The largest absolute Gasteiger partial charge is 0.421 e. The summed E-state index contributed by atoms with van der Waals surface area (Å²) < 4.78 is 9.58. The van der Waals surface area contributed by atoms with Crippen LogP contribution in [0.2, 0.25) is 0 Å². The van der Waals surface area contributed by atoms with E-state index in [2.05, 4.69) is 5.32 Å².